The van der Waals surface area contributed by atoms with Gasteiger partial charge in [-0.3, -0.25) is 6.54 Å². The predicted octanol–water partition coefficient (Wildman–Crippen LogP) is -1.28. The molecule has 3 radical (unpaired) electrons. The molecule has 0 aromatic heterocycles. The van der Waals surface area contributed by atoms with Gasteiger partial charge in [-0.15, -0.1) is 6.17 Å². The van der Waals surface area contributed by atoms with Crippen LogP contribution in [-0.2, 0) is 98.1 Å². The second kappa shape index (κ2) is 8.46. The summed E-state index contributed by atoms with van der Waals surface area (Å²) in [6, 6.07) is 0. The maximum Gasteiger partial charge on any atom is 0 e. The van der Waals surface area contributed by atoms with Crippen LogP contribution in [0.5, 0.6) is 0 Å². The van der Waals surface area contributed by atoms with Crippen LogP contribution in [0.2, 0.25) is 0 Å². The quantitative estimate of drug-likeness (QED) is 0.460. The number of hydrogen-bond acceptors (Lipinski definition) is 4. The zero-order valence-corrected chi connectivity index (χ0v) is 14.5. The average Bonchev–Trinajstić information content (AvgIpc) is 2.15. The van der Waals surface area contributed by atoms with Crippen molar-refractivity contribution in [3.63, 3.8) is 0 Å². The molecule has 4 nitrogen and oxygen atoms in total. The molecule has 0 aromatic rings. The minimum atomic E-state index is 0. The smallest absolute Gasteiger partial charge is 0 e. The van der Waals surface area contributed by atoms with Crippen LogP contribution >= 0.6 is 0 Å². The van der Waals surface area contributed by atoms with Gasteiger partial charge in [0.05, 0.1) is 0 Å². The SMILES string of the molecule is [CH-]1NC2[CH-]N[CH-]N2N1.[Y].[Y].[Y]. The molecule has 2 aliphatic rings. The Morgan fingerprint density at radius 3 is 2.55 bits per heavy atom. The Balaban J connectivity index is 0. The van der Waals surface area contributed by atoms with E-state index in [1.54, 1.807) is 6.67 Å². The molecule has 0 spiro atoms. The van der Waals surface area contributed by atoms with E-state index >= 15 is 0 Å². The van der Waals surface area contributed by atoms with E-state index in [1.165, 1.54) is 0 Å². The third kappa shape index (κ3) is 4.46. The average molecular weight is 378 g/mol. The van der Waals surface area contributed by atoms with Crippen molar-refractivity contribution in [1.29, 1.82) is 0 Å². The van der Waals surface area contributed by atoms with Crippen LogP contribution in [0, 0.1) is 19.9 Å². The third-order valence-corrected chi connectivity index (χ3v) is 1.24. The first kappa shape index (κ1) is 16.6. The summed E-state index contributed by atoms with van der Waals surface area (Å²) in [7, 11) is 0. The second-order valence-corrected chi connectivity index (χ2v) is 1.75. The third-order valence-electron chi connectivity index (χ3n) is 1.24. The summed E-state index contributed by atoms with van der Waals surface area (Å²) < 4.78 is 0. The summed E-state index contributed by atoms with van der Waals surface area (Å²) in [6.07, 6.45) is 0.301. The minimum Gasteiger partial charge on any atom is -0.604 e. The van der Waals surface area contributed by atoms with Crippen LogP contribution in [0.3, 0.4) is 0 Å². The van der Waals surface area contributed by atoms with Crippen molar-refractivity contribution in [1.82, 2.24) is 21.1 Å². The molecular weight excluding hydrogens is 371 g/mol. The van der Waals surface area contributed by atoms with Crippen LogP contribution in [0.4, 0.5) is 0 Å². The molecule has 2 aliphatic heterocycles. The first-order valence-electron chi connectivity index (χ1n) is 2.52. The van der Waals surface area contributed by atoms with Crippen LogP contribution in [0.15, 0.2) is 0 Å². The van der Waals surface area contributed by atoms with Crippen molar-refractivity contribution in [2.75, 3.05) is 0 Å². The number of nitrogens with zero attached hydrogens (tertiary/aromatic N) is 1. The molecule has 11 heavy (non-hydrogen) atoms. The summed E-state index contributed by atoms with van der Waals surface area (Å²) in [5.41, 5.74) is 2.97. The fraction of sp³-hybridized carbons (Fsp3) is 0.250. The first-order valence-corrected chi connectivity index (χ1v) is 2.52. The van der Waals surface area contributed by atoms with Gasteiger partial charge in [0, 0.05) is 98.1 Å². The Morgan fingerprint density at radius 2 is 1.91 bits per heavy atom. The standard InChI is InChI=1S/C4H7N4.3Y/c1-4-6-2-7-8(4)3-5-1;;;/h1-7H;;;/q-3;;;. The molecule has 3 N–H and O–H groups in total. The van der Waals surface area contributed by atoms with E-state index in [9.17, 15) is 0 Å². The maximum atomic E-state index is 3.06. The van der Waals surface area contributed by atoms with Crippen LogP contribution < -0.4 is 16.1 Å². The molecule has 2 heterocycles. The van der Waals surface area contributed by atoms with Crippen LogP contribution in [0.25, 0.3) is 0 Å². The van der Waals surface area contributed by atoms with Gasteiger partial charge in [0.25, 0.3) is 0 Å². The summed E-state index contributed by atoms with van der Waals surface area (Å²) >= 11 is 0. The Bertz CT molecular complexity index is 83.3. The van der Waals surface area contributed by atoms with Crippen molar-refractivity contribution in [2.45, 2.75) is 6.17 Å². The summed E-state index contributed by atoms with van der Waals surface area (Å²) in [4.78, 5) is 0. The van der Waals surface area contributed by atoms with Gasteiger partial charge in [0.2, 0.25) is 0 Å². The summed E-state index contributed by atoms with van der Waals surface area (Å²) in [6.45, 7) is 5.62. The number of hydrogen-bond donors (Lipinski definition) is 3. The summed E-state index contributed by atoms with van der Waals surface area (Å²) in [5.74, 6) is 0. The van der Waals surface area contributed by atoms with Crippen LogP contribution in [0.1, 0.15) is 0 Å². The topological polar surface area (TPSA) is 39.3 Å². The molecule has 2 saturated heterocycles. The Kier molecular flexibility index (Phi) is 12.7. The van der Waals surface area contributed by atoms with Crippen molar-refractivity contribution < 1.29 is 98.1 Å². The van der Waals surface area contributed by atoms with Crippen molar-refractivity contribution in [2.24, 2.45) is 0 Å². The number of nitrogens with one attached hydrogen (secondary N) is 3. The molecule has 1 unspecified atom stereocenters. The summed E-state index contributed by atoms with van der Waals surface area (Å²) in [5, 5.41) is 7.94. The number of rotatable bonds is 0. The Morgan fingerprint density at radius 1 is 1.18 bits per heavy atom. The van der Waals surface area contributed by atoms with Crippen molar-refractivity contribution in [3.8, 4) is 0 Å². The Hall–Kier alpha value is 3.15. The van der Waals surface area contributed by atoms with E-state index in [0.29, 0.717) is 6.17 Å². The van der Waals surface area contributed by atoms with E-state index in [0.717, 1.165) is 0 Å². The first-order chi connectivity index (χ1) is 3.97. The van der Waals surface area contributed by atoms with Gasteiger partial charge in [-0.05, 0) is 0 Å². The fourth-order valence-electron chi connectivity index (χ4n) is 0.818. The van der Waals surface area contributed by atoms with Gasteiger partial charge in [0.1, 0.15) is 0 Å². The number of hydrazine groups is 1. The molecule has 0 bridgehead atoms. The molecule has 55 valence electrons. The van der Waals surface area contributed by atoms with E-state index in [-0.39, 0.29) is 98.1 Å². The van der Waals surface area contributed by atoms with Crippen LogP contribution in [-0.4, -0.2) is 11.2 Å². The largest absolute Gasteiger partial charge is 0.604 e. The molecule has 0 amide bonds. The van der Waals surface area contributed by atoms with Gasteiger partial charge >= 0.3 is 0 Å². The predicted molar refractivity (Wildman–Crippen MR) is 27.9 cm³/mol. The maximum absolute atomic E-state index is 3.06. The Labute approximate surface area is 142 Å². The van der Waals surface area contributed by atoms with Gasteiger partial charge in [-0.25, -0.2) is 6.67 Å². The number of fused-ring (bicyclic) bond motifs is 1. The van der Waals surface area contributed by atoms with Gasteiger partial charge < -0.3 is 21.1 Å². The second-order valence-electron chi connectivity index (χ2n) is 1.75. The molecule has 0 aliphatic carbocycles. The fourth-order valence-corrected chi connectivity index (χ4v) is 0.818. The van der Waals surface area contributed by atoms with Gasteiger partial charge in [-0.2, -0.15) is 6.67 Å². The molecule has 2 rings (SSSR count). The zero-order valence-electron chi connectivity index (χ0n) is 5.99. The van der Waals surface area contributed by atoms with E-state index in [4.69, 9.17) is 0 Å². The molecule has 0 saturated carbocycles. The van der Waals surface area contributed by atoms with Gasteiger partial charge in [0.15, 0.2) is 0 Å². The van der Waals surface area contributed by atoms with Crippen molar-refractivity contribution in [3.05, 3.63) is 19.9 Å². The molecule has 2 fully saturated rings. The minimum absolute atomic E-state index is 0. The molecular formula is C4H7N4Y3-3. The van der Waals surface area contributed by atoms with E-state index in [1.807, 2.05) is 18.2 Å². The monoisotopic (exact) mass is 378 g/mol. The molecule has 0 aromatic carbocycles. The normalized spacial score (nSPS) is 27.8. The van der Waals surface area contributed by atoms with E-state index < -0.39 is 0 Å². The van der Waals surface area contributed by atoms with E-state index in [2.05, 4.69) is 16.1 Å². The van der Waals surface area contributed by atoms with Gasteiger partial charge in [-0.1, -0.05) is 0 Å². The zero-order chi connectivity index (χ0) is 5.40. The molecule has 1 atom stereocenters. The van der Waals surface area contributed by atoms with Crippen molar-refractivity contribution >= 4 is 0 Å². The molecule has 7 heteroatoms.